The molecule has 1 unspecified atom stereocenters. The third-order valence-corrected chi connectivity index (χ3v) is 7.60. The molecule has 2 aromatic carbocycles. The Balaban J connectivity index is 1.14. The predicted molar refractivity (Wildman–Crippen MR) is 151 cm³/mol. The number of hydrogen-bond acceptors (Lipinski definition) is 8. The van der Waals surface area contributed by atoms with Gasteiger partial charge in [0.1, 0.15) is 18.2 Å². The smallest absolute Gasteiger partial charge is 0.473 e. The molecule has 1 atom stereocenters. The molecule has 0 aliphatic carbocycles. The maximum absolute atomic E-state index is 14.2. The van der Waals surface area contributed by atoms with Gasteiger partial charge in [0.25, 0.3) is 0 Å². The van der Waals surface area contributed by atoms with Crippen LogP contribution in [0.15, 0.2) is 60.7 Å². The van der Waals surface area contributed by atoms with Crippen LogP contribution in [-0.2, 0) is 24.4 Å². The van der Waals surface area contributed by atoms with Crippen molar-refractivity contribution in [3.05, 3.63) is 89.1 Å². The lowest BCUT2D eigenvalue weighted by Crippen LogP contribution is -2.34. The summed E-state index contributed by atoms with van der Waals surface area (Å²) < 4.78 is 27.8. The van der Waals surface area contributed by atoms with E-state index in [1.165, 1.54) is 6.07 Å². The highest BCUT2D eigenvalue weighted by atomic mass is 19.1. The van der Waals surface area contributed by atoms with Crippen LogP contribution in [-0.4, -0.2) is 62.4 Å². The zero-order valence-corrected chi connectivity index (χ0v) is 22.4. The Kier molecular flexibility index (Phi) is 7.81. The van der Waals surface area contributed by atoms with Crippen LogP contribution >= 0.6 is 0 Å². The first-order valence-electron chi connectivity index (χ1n) is 13.6. The van der Waals surface area contributed by atoms with Crippen LogP contribution in [0.3, 0.4) is 0 Å². The minimum Gasteiger partial charge on any atom is -0.473 e. The van der Waals surface area contributed by atoms with E-state index < -0.39 is 12.9 Å². The highest BCUT2D eigenvalue weighted by Gasteiger charge is 2.24. The van der Waals surface area contributed by atoms with Gasteiger partial charge in [0.2, 0.25) is 5.88 Å². The first-order valence-corrected chi connectivity index (χ1v) is 13.6. The van der Waals surface area contributed by atoms with Crippen molar-refractivity contribution >= 4 is 29.2 Å². The maximum atomic E-state index is 14.2. The number of halogens is 1. The van der Waals surface area contributed by atoms with Crippen molar-refractivity contribution in [1.82, 2.24) is 19.4 Å². The van der Waals surface area contributed by atoms with Gasteiger partial charge < -0.3 is 24.1 Å². The van der Waals surface area contributed by atoms with Gasteiger partial charge in [-0.25, -0.2) is 14.4 Å². The van der Waals surface area contributed by atoms with E-state index in [1.54, 1.807) is 30.3 Å². The van der Waals surface area contributed by atoms with E-state index in [4.69, 9.17) is 19.7 Å². The summed E-state index contributed by atoms with van der Waals surface area (Å²) in [7, 11) is -1.54. The fourth-order valence-corrected chi connectivity index (χ4v) is 5.15. The van der Waals surface area contributed by atoms with Crippen molar-refractivity contribution in [2.75, 3.05) is 19.7 Å². The van der Waals surface area contributed by atoms with E-state index in [9.17, 15) is 14.4 Å². The Bertz CT molecular complexity index is 1650. The summed E-state index contributed by atoms with van der Waals surface area (Å²) in [5.41, 5.74) is 4.70. The normalized spacial score (nSPS) is 17.1. The maximum Gasteiger partial charge on any atom is 0.488 e. The van der Waals surface area contributed by atoms with Gasteiger partial charge in [-0.2, -0.15) is 5.26 Å². The van der Waals surface area contributed by atoms with E-state index >= 15 is 0 Å². The van der Waals surface area contributed by atoms with Gasteiger partial charge in [0.05, 0.1) is 47.6 Å². The van der Waals surface area contributed by atoms with Gasteiger partial charge in [-0.15, -0.1) is 0 Å². The molecule has 41 heavy (non-hydrogen) atoms. The first kappa shape index (κ1) is 27.1. The molecule has 4 aromatic rings. The molecule has 208 valence electrons. The molecule has 2 N–H and O–H groups in total. The Morgan fingerprint density at radius 3 is 2.73 bits per heavy atom. The van der Waals surface area contributed by atoms with Gasteiger partial charge in [0, 0.05) is 31.3 Å². The molecule has 4 heterocycles. The average molecular weight is 553 g/mol. The van der Waals surface area contributed by atoms with Crippen LogP contribution in [0.4, 0.5) is 4.39 Å². The molecular formula is C30H29BFN5O4. The molecule has 2 aliphatic rings. The third-order valence-electron chi connectivity index (χ3n) is 7.60. The summed E-state index contributed by atoms with van der Waals surface area (Å²) in [5, 5.41) is 28.3. The molecule has 9 nitrogen and oxygen atoms in total. The Labute approximate surface area is 237 Å². The molecule has 0 amide bonds. The summed E-state index contributed by atoms with van der Waals surface area (Å²) >= 11 is 0. The second-order valence-electron chi connectivity index (χ2n) is 10.3. The van der Waals surface area contributed by atoms with Crippen LogP contribution in [0, 0.1) is 17.1 Å². The zero-order chi connectivity index (χ0) is 28.3. The lowest BCUT2D eigenvalue weighted by atomic mass is 9.80. The van der Waals surface area contributed by atoms with Crippen molar-refractivity contribution < 1.29 is 23.9 Å². The number of fused-ring (bicyclic) bond motifs is 1. The van der Waals surface area contributed by atoms with E-state index in [-0.39, 0.29) is 18.3 Å². The number of nitriles is 1. The van der Waals surface area contributed by atoms with Gasteiger partial charge in [-0.05, 0) is 54.2 Å². The largest absolute Gasteiger partial charge is 0.488 e. The molecule has 11 heteroatoms. The standard InChI is InChI=1S/C30H29BFN5O4/c32-25-14-20(16-33)4-5-22(25)19-41-30-3-1-2-26(35-30)21-8-11-36(12-9-21)18-29-34-27-7-6-23(31(38)39)15-28(27)37(29)17-24-10-13-40-24/h1-8,14-15,24,38-39H,9-13,17-19H2. The monoisotopic (exact) mass is 553 g/mol. The van der Waals surface area contributed by atoms with Crippen LogP contribution in [0.2, 0.25) is 0 Å². The lowest BCUT2D eigenvalue weighted by Gasteiger charge is -2.29. The van der Waals surface area contributed by atoms with Gasteiger partial charge in [-0.1, -0.05) is 24.3 Å². The van der Waals surface area contributed by atoms with Gasteiger partial charge in [0.15, 0.2) is 0 Å². The van der Waals surface area contributed by atoms with Crippen molar-refractivity contribution in [3.8, 4) is 11.9 Å². The van der Waals surface area contributed by atoms with Crippen LogP contribution in [0.1, 0.15) is 35.5 Å². The van der Waals surface area contributed by atoms with Crippen molar-refractivity contribution in [3.63, 3.8) is 0 Å². The van der Waals surface area contributed by atoms with E-state index in [1.807, 2.05) is 24.3 Å². The topological polar surface area (TPSA) is 117 Å². The molecule has 0 spiro atoms. The number of hydrogen-bond donors (Lipinski definition) is 2. The average Bonchev–Trinajstić information content (AvgIpc) is 3.30. The Hall–Kier alpha value is -4.08. The number of aromatic nitrogens is 3. The van der Waals surface area contributed by atoms with Crippen LogP contribution in [0.5, 0.6) is 5.88 Å². The number of imidazole rings is 1. The molecule has 2 aromatic heterocycles. The molecule has 1 fully saturated rings. The summed E-state index contributed by atoms with van der Waals surface area (Å²) in [4.78, 5) is 11.8. The quantitative estimate of drug-likeness (QED) is 0.304. The first-order chi connectivity index (χ1) is 20.0. The fraction of sp³-hybridized carbons (Fsp3) is 0.300. The van der Waals surface area contributed by atoms with Gasteiger partial charge >= 0.3 is 7.12 Å². The van der Waals surface area contributed by atoms with Gasteiger partial charge in [-0.3, -0.25) is 4.90 Å². The van der Waals surface area contributed by atoms with Crippen LogP contribution < -0.4 is 10.2 Å². The van der Waals surface area contributed by atoms with Crippen molar-refractivity contribution in [2.45, 2.75) is 38.6 Å². The number of ether oxygens (including phenoxy) is 2. The number of nitrogens with zero attached hydrogens (tertiary/aromatic N) is 5. The van der Waals surface area contributed by atoms with E-state index in [0.29, 0.717) is 30.0 Å². The summed E-state index contributed by atoms with van der Waals surface area (Å²) in [5.74, 6) is 0.852. The molecule has 0 saturated carbocycles. The second kappa shape index (κ2) is 11.8. The fourth-order valence-electron chi connectivity index (χ4n) is 5.15. The molecule has 2 aliphatic heterocycles. The van der Waals surface area contributed by atoms with E-state index in [0.717, 1.165) is 60.7 Å². The predicted octanol–water partition coefficient (Wildman–Crippen LogP) is 2.78. The molecule has 6 rings (SSSR count). The summed E-state index contributed by atoms with van der Waals surface area (Å²) in [6.45, 7) is 3.65. The van der Waals surface area contributed by atoms with E-state index in [2.05, 4.69) is 20.5 Å². The van der Waals surface area contributed by atoms with Crippen molar-refractivity contribution in [2.24, 2.45) is 0 Å². The zero-order valence-electron chi connectivity index (χ0n) is 22.4. The summed E-state index contributed by atoms with van der Waals surface area (Å²) in [6, 6.07) is 17.1. The SMILES string of the molecule is N#Cc1ccc(COc2cccc(C3=CCN(Cc4nc5ccc(B(O)O)cc5n4CC4CCO4)CC3)n2)c(F)c1. The number of benzene rings is 2. The highest BCUT2D eigenvalue weighted by Crippen LogP contribution is 2.26. The third kappa shape index (κ3) is 6.01. The van der Waals surface area contributed by atoms with Crippen LogP contribution in [0.25, 0.3) is 16.6 Å². The summed E-state index contributed by atoms with van der Waals surface area (Å²) in [6.07, 6.45) is 4.09. The number of pyridine rings is 1. The minimum atomic E-state index is -1.54. The highest BCUT2D eigenvalue weighted by molar-refractivity contribution is 6.58. The van der Waals surface area contributed by atoms with Crippen molar-refractivity contribution in [1.29, 1.82) is 5.26 Å². The molecule has 0 bridgehead atoms. The lowest BCUT2D eigenvalue weighted by molar-refractivity contribution is -0.0591. The minimum absolute atomic E-state index is 0.0203. The molecular weight excluding hydrogens is 524 g/mol. The molecule has 0 radical (unpaired) electrons. The number of rotatable bonds is 9. The second-order valence-corrected chi connectivity index (χ2v) is 10.3. The Morgan fingerprint density at radius 2 is 2.02 bits per heavy atom. The Morgan fingerprint density at radius 1 is 1.15 bits per heavy atom. The molecule has 1 saturated heterocycles.